The van der Waals surface area contributed by atoms with Crippen molar-refractivity contribution in [2.75, 3.05) is 6.54 Å². The van der Waals surface area contributed by atoms with E-state index in [4.69, 9.17) is 0 Å². The van der Waals surface area contributed by atoms with Crippen molar-refractivity contribution in [1.29, 1.82) is 0 Å². The van der Waals surface area contributed by atoms with Crippen molar-refractivity contribution in [3.05, 3.63) is 51.5 Å². The highest BCUT2D eigenvalue weighted by Gasteiger charge is 2.01. The molecule has 1 heterocycles. The Hall–Kier alpha value is -1.88. The van der Waals surface area contributed by atoms with Gasteiger partial charge in [-0.05, 0) is 26.3 Å². The van der Waals surface area contributed by atoms with Gasteiger partial charge in [0.2, 0.25) is 0 Å². The molecule has 2 rings (SSSR count). The minimum Gasteiger partial charge on any atom is -0.357 e. The van der Waals surface area contributed by atoms with E-state index in [-0.39, 0.29) is 0 Å². The molecule has 1 aromatic heterocycles. The molecular formula is C16H22N4S. The van der Waals surface area contributed by atoms with Crippen molar-refractivity contribution in [1.82, 2.24) is 15.6 Å². The largest absolute Gasteiger partial charge is 0.357 e. The summed E-state index contributed by atoms with van der Waals surface area (Å²) in [7, 11) is 0. The van der Waals surface area contributed by atoms with E-state index in [0.29, 0.717) is 6.54 Å². The van der Waals surface area contributed by atoms with Crippen molar-refractivity contribution in [3.8, 4) is 0 Å². The number of aryl methyl sites for hydroxylation is 2. The van der Waals surface area contributed by atoms with E-state index in [1.165, 1.54) is 16.0 Å². The van der Waals surface area contributed by atoms with Crippen LogP contribution in [0.1, 0.15) is 27.9 Å². The third kappa shape index (κ3) is 5.19. The Morgan fingerprint density at radius 3 is 2.81 bits per heavy atom. The number of rotatable bonds is 5. The summed E-state index contributed by atoms with van der Waals surface area (Å²) in [6.45, 7) is 8.47. The lowest BCUT2D eigenvalue weighted by Gasteiger charge is -2.10. The number of hydrogen-bond acceptors (Lipinski definition) is 3. The van der Waals surface area contributed by atoms with Crippen LogP contribution in [0.4, 0.5) is 0 Å². The van der Waals surface area contributed by atoms with E-state index >= 15 is 0 Å². The number of benzene rings is 1. The van der Waals surface area contributed by atoms with Gasteiger partial charge in [0.15, 0.2) is 5.96 Å². The molecule has 0 unspecified atom stereocenters. The van der Waals surface area contributed by atoms with Crippen molar-refractivity contribution in [3.63, 3.8) is 0 Å². The maximum Gasteiger partial charge on any atom is 0.191 e. The van der Waals surface area contributed by atoms with Gasteiger partial charge in [0.05, 0.1) is 18.1 Å². The van der Waals surface area contributed by atoms with Crippen LogP contribution in [0, 0.1) is 13.8 Å². The van der Waals surface area contributed by atoms with Crippen LogP contribution in [0.2, 0.25) is 0 Å². The second-order valence-corrected chi connectivity index (χ2v) is 6.20. The Labute approximate surface area is 130 Å². The van der Waals surface area contributed by atoms with Crippen molar-refractivity contribution in [2.45, 2.75) is 33.9 Å². The molecule has 4 nitrogen and oxygen atoms in total. The predicted octanol–water partition coefficient (Wildman–Crippen LogP) is 3.02. The molecule has 2 aromatic rings. The molecule has 0 aliphatic carbocycles. The Kier molecular flexibility index (Phi) is 5.75. The fourth-order valence-corrected chi connectivity index (χ4v) is 2.72. The quantitative estimate of drug-likeness (QED) is 0.659. The summed E-state index contributed by atoms with van der Waals surface area (Å²) >= 11 is 1.71. The molecule has 0 fully saturated rings. The van der Waals surface area contributed by atoms with E-state index in [1.807, 2.05) is 13.1 Å². The van der Waals surface area contributed by atoms with Gasteiger partial charge in [0.25, 0.3) is 0 Å². The maximum absolute atomic E-state index is 4.63. The standard InChI is InChI=1S/C16H22N4S/c1-4-17-16(20-11-15-10-18-13(3)21-15)19-9-14-7-5-6-12(2)8-14/h5-8,10H,4,9,11H2,1-3H3,(H2,17,19,20). The summed E-state index contributed by atoms with van der Waals surface area (Å²) in [5, 5.41) is 7.70. The van der Waals surface area contributed by atoms with Crippen LogP contribution < -0.4 is 10.6 Å². The fourth-order valence-electron chi connectivity index (χ4n) is 1.98. The van der Waals surface area contributed by atoms with E-state index in [9.17, 15) is 0 Å². The molecule has 0 radical (unpaired) electrons. The number of thiazole rings is 1. The second kappa shape index (κ2) is 7.78. The molecule has 0 atom stereocenters. The van der Waals surface area contributed by atoms with Gasteiger partial charge in [0.1, 0.15) is 0 Å². The first kappa shape index (κ1) is 15.5. The summed E-state index contributed by atoms with van der Waals surface area (Å²) in [5.41, 5.74) is 2.49. The van der Waals surface area contributed by atoms with Crippen molar-refractivity contribution < 1.29 is 0 Å². The van der Waals surface area contributed by atoms with Crippen LogP contribution in [0.15, 0.2) is 35.5 Å². The zero-order valence-corrected chi connectivity index (χ0v) is 13.6. The zero-order chi connectivity index (χ0) is 15.1. The summed E-state index contributed by atoms with van der Waals surface area (Å²) in [4.78, 5) is 10.1. The molecule has 0 aliphatic rings. The average Bonchev–Trinajstić information content (AvgIpc) is 2.88. The molecule has 0 saturated carbocycles. The van der Waals surface area contributed by atoms with Gasteiger partial charge in [-0.2, -0.15) is 0 Å². The van der Waals surface area contributed by atoms with Gasteiger partial charge in [-0.3, -0.25) is 0 Å². The first-order valence-electron chi connectivity index (χ1n) is 7.16. The number of nitrogens with one attached hydrogen (secondary N) is 2. The molecule has 0 amide bonds. The summed E-state index contributed by atoms with van der Waals surface area (Å²) in [5.74, 6) is 0.838. The molecule has 0 saturated heterocycles. The maximum atomic E-state index is 4.63. The predicted molar refractivity (Wildman–Crippen MR) is 89.7 cm³/mol. The van der Waals surface area contributed by atoms with E-state index in [1.54, 1.807) is 11.3 Å². The lowest BCUT2D eigenvalue weighted by atomic mass is 10.1. The third-order valence-electron chi connectivity index (χ3n) is 2.95. The smallest absolute Gasteiger partial charge is 0.191 e. The van der Waals surface area contributed by atoms with Gasteiger partial charge in [-0.25, -0.2) is 9.98 Å². The molecule has 0 aliphatic heterocycles. The van der Waals surface area contributed by atoms with Crippen molar-refractivity contribution in [2.24, 2.45) is 4.99 Å². The highest BCUT2D eigenvalue weighted by atomic mass is 32.1. The van der Waals surface area contributed by atoms with Gasteiger partial charge >= 0.3 is 0 Å². The monoisotopic (exact) mass is 302 g/mol. The van der Waals surface area contributed by atoms with Crippen LogP contribution in [0.3, 0.4) is 0 Å². The van der Waals surface area contributed by atoms with Crippen LogP contribution in [-0.2, 0) is 13.1 Å². The Morgan fingerprint density at radius 2 is 2.14 bits per heavy atom. The number of hydrogen-bond donors (Lipinski definition) is 2. The lowest BCUT2D eigenvalue weighted by molar-refractivity contribution is 0.822. The first-order chi connectivity index (χ1) is 10.2. The molecule has 21 heavy (non-hydrogen) atoms. The average molecular weight is 302 g/mol. The highest BCUT2D eigenvalue weighted by molar-refractivity contribution is 7.11. The number of aliphatic imine (C=N–C) groups is 1. The van der Waals surface area contributed by atoms with E-state index in [2.05, 4.69) is 58.7 Å². The summed E-state index contributed by atoms with van der Waals surface area (Å²) in [6, 6.07) is 8.44. The molecule has 1 aromatic carbocycles. The molecule has 0 bridgehead atoms. The Morgan fingerprint density at radius 1 is 1.29 bits per heavy atom. The molecule has 5 heteroatoms. The Bertz CT molecular complexity index is 604. The summed E-state index contributed by atoms with van der Waals surface area (Å²) in [6.07, 6.45) is 1.91. The van der Waals surface area contributed by atoms with Gasteiger partial charge < -0.3 is 10.6 Å². The first-order valence-corrected chi connectivity index (χ1v) is 7.98. The second-order valence-electron chi connectivity index (χ2n) is 4.88. The molecule has 2 N–H and O–H groups in total. The topological polar surface area (TPSA) is 49.3 Å². The highest BCUT2D eigenvalue weighted by Crippen LogP contribution is 2.10. The minimum absolute atomic E-state index is 0.679. The van der Waals surface area contributed by atoms with Crippen LogP contribution in [-0.4, -0.2) is 17.5 Å². The number of guanidine groups is 1. The number of nitrogens with zero attached hydrogens (tertiary/aromatic N) is 2. The lowest BCUT2D eigenvalue weighted by Crippen LogP contribution is -2.36. The zero-order valence-electron chi connectivity index (χ0n) is 12.8. The molecular weight excluding hydrogens is 280 g/mol. The molecule has 0 spiro atoms. The van der Waals surface area contributed by atoms with Gasteiger partial charge in [-0.1, -0.05) is 29.8 Å². The summed E-state index contributed by atoms with van der Waals surface area (Å²) < 4.78 is 0. The van der Waals surface area contributed by atoms with E-state index < -0.39 is 0 Å². The van der Waals surface area contributed by atoms with Gasteiger partial charge in [0, 0.05) is 17.6 Å². The van der Waals surface area contributed by atoms with Crippen LogP contribution >= 0.6 is 11.3 Å². The van der Waals surface area contributed by atoms with Crippen LogP contribution in [0.25, 0.3) is 0 Å². The third-order valence-corrected chi connectivity index (χ3v) is 3.86. The number of aromatic nitrogens is 1. The molecule has 112 valence electrons. The normalized spacial score (nSPS) is 11.5. The van der Waals surface area contributed by atoms with E-state index in [0.717, 1.165) is 24.1 Å². The van der Waals surface area contributed by atoms with Gasteiger partial charge in [-0.15, -0.1) is 11.3 Å². The SMILES string of the molecule is CCNC(=NCc1cccc(C)c1)NCc1cnc(C)s1. The van der Waals surface area contributed by atoms with Crippen LogP contribution in [0.5, 0.6) is 0 Å². The van der Waals surface area contributed by atoms with Crippen molar-refractivity contribution >= 4 is 17.3 Å². The fraction of sp³-hybridized carbons (Fsp3) is 0.375. The Balaban J connectivity index is 1.95. The minimum atomic E-state index is 0.679.